The molecule has 2 aromatic carbocycles. The van der Waals surface area contributed by atoms with E-state index >= 15 is 0 Å². The Kier molecular flexibility index (Phi) is 13.8. The molecule has 50 heavy (non-hydrogen) atoms. The summed E-state index contributed by atoms with van der Waals surface area (Å²) in [4.78, 5) is 15.3. The molecule has 0 bridgehead atoms. The van der Waals surface area contributed by atoms with Gasteiger partial charge in [0.15, 0.2) is 0 Å². The summed E-state index contributed by atoms with van der Waals surface area (Å²) in [5, 5.41) is 0. The maximum absolute atomic E-state index is 13.2. The van der Waals surface area contributed by atoms with Crippen molar-refractivity contribution in [1.82, 2.24) is 0 Å². The second kappa shape index (κ2) is 17.6. The average molecular weight is 690 g/mol. The highest BCUT2D eigenvalue weighted by atomic mass is 19.4. The van der Waals surface area contributed by atoms with Gasteiger partial charge in [-0.2, -0.15) is 13.2 Å². The molecule has 1 saturated carbocycles. The zero-order valence-electron chi connectivity index (χ0n) is 30.7. The van der Waals surface area contributed by atoms with Crippen molar-refractivity contribution in [3.8, 4) is 0 Å². The minimum atomic E-state index is -4.33. The van der Waals surface area contributed by atoms with Crippen molar-refractivity contribution >= 4 is 11.7 Å². The van der Waals surface area contributed by atoms with Gasteiger partial charge < -0.3 is 9.64 Å². The van der Waals surface area contributed by atoms with Crippen molar-refractivity contribution in [2.24, 2.45) is 23.7 Å². The molecule has 3 nitrogen and oxygen atoms in total. The third-order valence-corrected chi connectivity index (χ3v) is 11.1. The fourth-order valence-corrected chi connectivity index (χ4v) is 8.56. The van der Waals surface area contributed by atoms with E-state index in [0.29, 0.717) is 23.8 Å². The summed E-state index contributed by atoms with van der Waals surface area (Å²) >= 11 is 0. The first-order valence-electron chi connectivity index (χ1n) is 18.6. The predicted molar refractivity (Wildman–Crippen MR) is 201 cm³/mol. The molecule has 0 aromatic heterocycles. The number of hydrogen-bond acceptors (Lipinski definition) is 3. The SMILES string of the molecule is C=C(C)/C=C\C(C)CC(c1ccccc1)(C(CCC)CCC(=C)CC1CN(c2ccc(C(F)(F)F)cc2)C1)[C@H]1CCCC1OC(=O)C(=C)CC. The summed E-state index contributed by atoms with van der Waals surface area (Å²) in [6, 6.07) is 16.4. The number of carbonyl (C=O) groups is 1. The summed E-state index contributed by atoms with van der Waals surface area (Å²) in [5.41, 5.74) is 4.10. The van der Waals surface area contributed by atoms with Crippen LogP contribution in [0.3, 0.4) is 0 Å². The second-order valence-corrected chi connectivity index (χ2v) is 15.0. The largest absolute Gasteiger partial charge is 0.459 e. The maximum Gasteiger partial charge on any atom is 0.416 e. The van der Waals surface area contributed by atoms with Crippen molar-refractivity contribution < 1.29 is 22.7 Å². The number of benzene rings is 2. The van der Waals surface area contributed by atoms with E-state index in [-0.39, 0.29) is 29.3 Å². The number of esters is 1. The van der Waals surface area contributed by atoms with Crippen LogP contribution in [0, 0.1) is 23.7 Å². The third-order valence-electron chi connectivity index (χ3n) is 11.1. The standard InChI is InChI=1S/C44H58F3NO2/c1-8-14-36(22-21-32(5)27-35-29-48(30-35)39-25-23-38(24-26-39)44(45,46)47)43(37-15-11-10-12-16-37,28-33(6)20-19-31(3)4)40-17-13-18-41(40)50-42(49)34(7)9-2/h10-12,15-16,19-20,23-26,33,35-36,40-41H,3,5,7-9,13-14,17-18,21-22,27-30H2,1-2,4,6H3/b20-19-/t33?,36?,40-,41?,43?/m0/s1. The van der Waals surface area contributed by atoms with Crippen molar-refractivity contribution in [3.05, 3.63) is 114 Å². The molecule has 0 amide bonds. The van der Waals surface area contributed by atoms with Gasteiger partial charge in [0.1, 0.15) is 6.10 Å². The van der Waals surface area contributed by atoms with Crippen molar-refractivity contribution in [1.29, 1.82) is 0 Å². The van der Waals surface area contributed by atoms with Gasteiger partial charge in [-0.05, 0) is 112 Å². The van der Waals surface area contributed by atoms with Crippen LogP contribution in [0.25, 0.3) is 0 Å². The van der Waals surface area contributed by atoms with E-state index in [4.69, 9.17) is 4.74 Å². The highest BCUT2D eigenvalue weighted by Crippen LogP contribution is 2.54. The van der Waals surface area contributed by atoms with Crippen LogP contribution in [-0.2, 0) is 21.1 Å². The number of nitrogens with zero attached hydrogens (tertiary/aromatic N) is 1. The van der Waals surface area contributed by atoms with Gasteiger partial charge in [-0.25, -0.2) is 4.79 Å². The molecular formula is C44H58F3NO2. The predicted octanol–water partition coefficient (Wildman–Crippen LogP) is 12.1. The molecule has 2 aromatic rings. The summed E-state index contributed by atoms with van der Waals surface area (Å²) in [5.74, 6) is 0.964. The molecule has 1 heterocycles. The molecular weight excluding hydrogens is 631 g/mol. The molecule has 4 rings (SSSR count). The Morgan fingerprint density at radius 1 is 0.980 bits per heavy atom. The third kappa shape index (κ3) is 9.82. The lowest BCUT2D eigenvalue weighted by molar-refractivity contribution is -0.148. The molecule has 6 heteroatoms. The molecule has 2 fully saturated rings. The number of alkyl halides is 3. The first-order valence-corrected chi connectivity index (χ1v) is 18.6. The summed E-state index contributed by atoms with van der Waals surface area (Å²) in [6.07, 6.45) is 9.25. The van der Waals surface area contributed by atoms with Gasteiger partial charge in [-0.15, -0.1) is 0 Å². The molecule has 1 aliphatic heterocycles. The molecule has 0 radical (unpaired) electrons. The fourth-order valence-electron chi connectivity index (χ4n) is 8.56. The van der Waals surface area contributed by atoms with E-state index in [1.54, 1.807) is 12.1 Å². The van der Waals surface area contributed by atoms with Gasteiger partial charge in [-0.3, -0.25) is 0 Å². The smallest absolute Gasteiger partial charge is 0.416 e. The monoisotopic (exact) mass is 689 g/mol. The Bertz CT molecular complexity index is 1470. The number of rotatable bonds is 18. The van der Waals surface area contributed by atoms with Gasteiger partial charge in [0, 0.05) is 35.7 Å². The van der Waals surface area contributed by atoms with Crippen LogP contribution in [-0.4, -0.2) is 25.2 Å². The van der Waals surface area contributed by atoms with Gasteiger partial charge in [0.05, 0.1) is 5.56 Å². The van der Waals surface area contributed by atoms with E-state index in [9.17, 15) is 18.0 Å². The Morgan fingerprint density at radius 2 is 1.66 bits per heavy atom. The first-order chi connectivity index (χ1) is 23.8. The van der Waals surface area contributed by atoms with Crippen molar-refractivity contribution in [2.75, 3.05) is 18.0 Å². The van der Waals surface area contributed by atoms with Gasteiger partial charge in [-0.1, -0.05) is 101 Å². The number of hydrogen-bond donors (Lipinski definition) is 0. The minimum Gasteiger partial charge on any atom is -0.459 e. The zero-order valence-corrected chi connectivity index (χ0v) is 30.7. The molecule has 0 spiro atoms. The molecule has 1 aliphatic carbocycles. The average Bonchev–Trinajstić information content (AvgIpc) is 3.54. The lowest BCUT2D eigenvalue weighted by atomic mass is 9.55. The Hall–Kier alpha value is -3.54. The lowest BCUT2D eigenvalue weighted by Gasteiger charge is -2.49. The van der Waals surface area contributed by atoms with Crippen LogP contribution >= 0.6 is 0 Å². The first kappa shape index (κ1) is 39.2. The van der Waals surface area contributed by atoms with Crippen LogP contribution in [0.5, 0.6) is 0 Å². The Morgan fingerprint density at radius 3 is 2.26 bits per heavy atom. The second-order valence-electron chi connectivity index (χ2n) is 15.0. The quantitative estimate of drug-likeness (QED) is 0.0675. The van der Waals surface area contributed by atoms with Crippen molar-refractivity contribution in [2.45, 2.75) is 110 Å². The maximum atomic E-state index is 13.2. The lowest BCUT2D eigenvalue weighted by Crippen LogP contribution is -2.48. The number of ether oxygens (including phenoxy) is 1. The highest BCUT2D eigenvalue weighted by molar-refractivity contribution is 5.87. The van der Waals surface area contributed by atoms with E-state index in [2.05, 4.69) is 81.0 Å². The van der Waals surface area contributed by atoms with E-state index in [1.807, 2.05) is 13.8 Å². The Labute approximate surface area is 299 Å². The number of allylic oxidation sites excluding steroid dienone is 4. The number of halogens is 3. The number of anilines is 1. The van der Waals surface area contributed by atoms with E-state index in [0.717, 1.165) is 82.1 Å². The summed E-state index contributed by atoms with van der Waals surface area (Å²) < 4.78 is 45.5. The summed E-state index contributed by atoms with van der Waals surface area (Å²) in [7, 11) is 0. The number of carbonyl (C=O) groups excluding carboxylic acids is 1. The zero-order chi connectivity index (χ0) is 36.5. The van der Waals surface area contributed by atoms with Gasteiger partial charge in [0.2, 0.25) is 0 Å². The van der Waals surface area contributed by atoms with Crippen LogP contribution in [0.4, 0.5) is 18.9 Å². The normalized spacial score (nSPS) is 20.6. The van der Waals surface area contributed by atoms with E-state index in [1.165, 1.54) is 23.3 Å². The molecule has 0 N–H and O–H groups in total. The molecule has 4 unspecified atom stereocenters. The molecule has 2 aliphatic rings. The highest BCUT2D eigenvalue weighted by Gasteiger charge is 2.52. The van der Waals surface area contributed by atoms with Gasteiger partial charge in [0.25, 0.3) is 0 Å². The van der Waals surface area contributed by atoms with Gasteiger partial charge >= 0.3 is 12.1 Å². The van der Waals surface area contributed by atoms with Crippen LogP contribution in [0.2, 0.25) is 0 Å². The molecule has 272 valence electrons. The Balaban J connectivity index is 1.57. The fraction of sp³-hybridized carbons (Fsp3) is 0.523. The van der Waals surface area contributed by atoms with Crippen LogP contribution in [0.15, 0.2) is 103 Å². The topological polar surface area (TPSA) is 29.5 Å². The summed E-state index contributed by atoms with van der Waals surface area (Å²) in [6.45, 7) is 22.8. The van der Waals surface area contributed by atoms with Crippen molar-refractivity contribution in [3.63, 3.8) is 0 Å². The van der Waals surface area contributed by atoms with E-state index < -0.39 is 11.7 Å². The minimum absolute atomic E-state index is 0.169. The van der Waals surface area contributed by atoms with Crippen LogP contribution < -0.4 is 4.90 Å². The molecule has 5 atom stereocenters. The van der Waals surface area contributed by atoms with Crippen LogP contribution in [0.1, 0.15) is 103 Å². The molecule has 1 saturated heterocycles.